The predicted octanol–water partition coefficient (Wildman–Crippen LogP) is 1.89. The Morgan fingerprint density at radius 1 is 1.39 bits per heavy atom. The van der Waals surface area contributed by atoms with Crippen molar-refractivity contribution >= 4 is 21.8 Å². The summed E-state index contributed by atoms with van der Waals surface area (Å²) < 4.78 is 6.70. The van der Waals surface area contributed by atoms with E-state index >= 15 is 0 Å². The number of hydrogen-bond acceptors (Lipinski definition) is 5. The second-order valence-corrected chi connectivity index (χ2v) is 5.33. The molecular weight excluding hydrogens is 296 g/mol. The minimum atomic E-state index is 0.135. The minimum absolute atomic E-state index is 0.135. The van der Waals surface area contributed by atoms with Crippen molar-refractivity contribution in [3.63, 3.8) is 0 Å². The van der Waals surface area contributed by atoms with Crippen molar-refractivity contribution < 1.29 is 4.74 Å². The third-order valence-corrected chi connectivity index (χ3v) is 3.57. The van der Waals surface area contributed by atoms with Gasteiger partial charge in [0.2, 0.25) is 0 Å². The fraction of sp³-hybridized carbons (Fsp3) is 0.500. The number of halogens is 1. The Morgan fingerprint density at radius 2 is 2.33 bits per heavy atom. The Balaban J connectivity index is 1.65. The van der Waals surface area contributed by atoms with Crippen LogP contribution < -0.4 is 5.43 Å². The molecule has 0 amide bonds. The summed E-state index contributed by atoms with van der Waals surface area (Å²) in [5.41, 5.74) is 4.13. The molecule has 2 aliphatic heterocycles. The molecular formula is C12H15BrN4O. The Hall–Kier alpha value is -0.980. The molecule has 6 heteroatoms. The average molecular weight is 311 g/mol. The summed E-state index contributed by atoms with van der Waals surface area (Å²) in [6, 6.07) is 3.91. The molecule has 0 radical (unpaired) electrons. The lowest BCUT2D eigenvalue weighted by Gasteiger charge is -2.30. The van der Waals surface area contributed by atoms with E-state index in [0.717, 1.165) is 35.5 Å². The highest BCUT2D eigenvalue weighted by atomic mass is 79.9. The lowest BCUT2D eigenvalue weighted by Crippen LogP contribution is -2.46. The van der Waals surface area contributed by atoms with Crippen LogP contribution in [0.5, 0.6) is 0 Å². The minimum Gasteiger partial charge on any atom is -0.361 e. The SMILES string of the molecule is Brc1ccc(C2=NCN(C3CCCCO3)N2)nc1. The van der Waals surface area contributed by atoms with Crippen LogP contribution in [0, 0.1) is 0 Å². The van der Waals surface area contributed by atoms with E-state index in [1.54, 1.807) is 6.20 Å². The van der Waals surface area contributed by atoms with Crippen LogP contribution >= 0.6 is 15.9 Å². The lowest BCUT2D eigenvalue weighted by atomic mass is 10.2. The van der Waals surface area contributed by atoms with Gasteiger partial charge in [0.05, 0.1) is 0 Å². The van der Waals surface area contributed by atoms with Crippen molar-refractivity contribution in [2.45, 2.75) is 25.5 Å². The topological polar surface area (TPSA) is 49.8 Å². The number of aromatic nitrogens is 1. The first-order valence-corrected chi connectivity index (χ1v) is 6.93. The number of hydrazine groups is 1. The van der Waals surface area contributed by atoms with Gasteiger partial charge in [-0.15, -0.1) is 0 Å². The van der Waals surface area contributed by atoms with Crippen molar-refractivity contribution in [3.8, 4) is 0 Å². The molecule has 1 N–H and O–H groups in total. The molecule has 1 saturated heterocycles. The molecule has 0 saturated carbocycles. The summed E-state index contributed by atoms with van der Waals surface area (Å²) in [7, 11) is 0. The largest absolute Gasteiger partial charge is 0.361 e. The fourth-order valence-electron chi connectivity index (χ4n) is 2.14. The van der Waals surface area contributed by atoms with Crippen molar-refractivity contribution in [2.24, 2.45) is 4.99 Å². The Labute approximate surface area is 114 Å². The first-order valence-electron chi connectivity index (χ1n) is 6.14. The summed E-state index contributed by atoms with van der Waals surface area (Å²) in [4.78, 5) is 8.80. The molecule has 0 bridgehead atoms. The van der Waals surface area contributed by atoms with Crippen LogP contribution in [0.4, 0.5) is 0 Å². The second-order valence-electron chi connectivity index (χ2n) is 4.41. The summed E-state index contributed by atoms with van der Waals surface area (Å²) in [5.74, 6) is 0.816. The van der Waals surface area contributed by atoms with Crippen LogP contribution in [0.3, 0.4) is 0 Å². The molecule has 0 spiro atoms. The third kappa shape index (κ3) is 2.55. The molecule has 0 aliphatic carbocycles. The Morgan fingerprint density at radius 3 is 3.06 bits per heavy atom. The quantitative estimate of drug-likeness (QED) is 0.906. The maximum absolute atomic E-state index is 5.73. The molecule has 1 unspecified atom stereocenters. The van der Waals surface area contributed by atoms with Gasteiger partial charge >= 0.3 is 0 Å². The van der Waals surface area contributed by atoms with Gasteiger partial charge in [0, 0.05) is 17.3 Å². The van der Waals surface area contributed by atoms with E-state index in [0.29, 0.717) is 6.67 Å². The van der Waals surface area contributed by atoms with Gasteiger partial charge in [0.1, 0.15) is 18.6 Å². The first kappa shape index (κ1) is 12.1. The van der Waals surface area contributed by atoms with E-state index in [-0.39, 0.29) is 6.23 Å². The summed E-state index contributed by atoms with van der Waals surface area (Å²) in [5, 5.41) is 2.04. The van der Waals surface area contributed by atoms with E-state index in [9.17, 15) is 0 Å². The summed E-state index contributed by atoms with van der Waals surface area (Å²) in [6.45, 7) is 1.46. The number of nitrogens with zero attached hydrogens (tertiary/aromatic N) is 3. The predicted molar refractivity (Wildman–Crippen MR) is 71.9 cm³/mol. The molecule has 2 aliphatic rings. The van der Waals surface area contributed by atoms with Gasteiger partial charge in [-0.1, -0.05) is 0 Å². The normalized spacial score (nSPS) is 24.7. The zero-order valence-electron chi connectivity index (χ0n) is 9.97. The van der Waals surface area contributed by atoms with E-state index < -0.39 is 0 Å². The third-order valence-electron chi connectivity index (χ3n) is 3.10. The number of nitrogens with one attached hydrogen (secondary N) is 1. The Kier molecular flexibility index (Phi) is 3.58. The zero-order valence-corrected chi connectivity index (χ0v) is 11.6. The number of aliphatic imine (C=N–C) groups is 1. The van der Waals surface area contributed by atoms with Crippen molar-refractivity contribution in [1.82, 2.24) is 15.4 Å². The maximum atomic E-state index is 5.73. The van der Waals surface area contributed by atoms with E-state index in [1.165, 1.54) is 6.42 Å². The molecule has 3 heterocycles. The van der Waals surface area contributed by atoms with Gasteiger partial charge in [-0.2, -0.15) is 5.01 Å². The van der Waals surface area contributed by atoms with E-state index in [1.807, 2.05) is 17.1 Å². The highest BCUT2D eigenvalue weighted by molar-refractivity contribution is 9.10. The molecule has 3 rings (SSSR count). The van der Waals surface area contributed by atoms with Crippen LogP contribution in [-0.2, 0) is 4.74 Å². The van der Waals surface area contributed by atoms with Gasteiger partial charge in [-0.05, 0) is 47.3 Å². The standard InChI is InChI=1S/C12H15BrN4O/c13-9-4-5-10(14-7-9)12-15-8-17(16-12)11-3-1-2-6-18-11/h4-5,7,11H,1-3,6,8H2,(H,15,16). The van der Waals surface area contributed by atoms with Crippen LogP contribution in [0.15, 0.2) is 27.8 Å². The number of pyridine rings is 1. The van der Waals surface area contributed by atoms with Crippen molar-refractivity contribution in [2.75, 3.05) is 13.3 Å². The van der Waals surface area contributed by atoms with Gasteiger partial charge in [-0.3, -0.25) is 10.4 Å². The molecule has 5 nitrogen and oxygen atoms in total. The number of hydrogen-bond donors (Lipinski definition) is 1. The average Bonchev–Trinajstić information content (AvgIpc) is 2.90. The molecule has 1 aromatic rings. The Bertz CT molecular complexity index is 442. The van der Waals surface area contributed by atoms with Gasteiger partial charge in [0.25, 0.3) is 0 Å². The van der Waals surface area contributed by atoms with Gasteiger partial charge in [-0.25, -0.2) is 4.99 Å². The molecule has 1 fully saturated rings. The van der Waals surface area contributed by atoms with E-state index in [2.05, 4.69) is 31.3 Å². The number of ether oxygens (including phenoxy) is 1. The molecule has 1 atom stereocenters. The lowest BCUT2D eigenvalue weighted by molar-refractivity contribution is -0.0926. The number of rotatable bonds is 2. The van der Waals surface area contributed by atoms with Crippen LogP contribution in [0.2, 0.25) is 0 Å². The number of amidine groups is 1. The fourth-order valence-corrected chi connectivity index (χ4v) is 2.37. The molecule has 96 valence electrons. The highest BCUT2D eigenvalue weighted by Gasteiger charge is 2.26. The van der Waals surface area contributed by atoms with Crippen LogP contribution in [-0.4, -0.2) is 35.3 Å². The van der Waals surface area contributed by atoms with Crippen molar-refractivity contribution in [3.05, 3.63) is 28.5 Å². The first-order chi connectivity index (χ1) is 8.83. The van der Waals surface area contributed by atoms with Crippen LogP contribution in [0.1, 0.15) is 25.0 Å². The molecule has 18 heavy (non-hydrogen) atoms. The second kappa shape index (κ2) is 5.34. The van der Waals surface area contributed by atoms with E-state index in [4.69, 9.17) is 4.74 Å². The zero-order chi connectivity index (χ0) is 12.4. The smallest absolute Gasteiger partial charge is 0.163 e. The van der Waals surface area contributed by atoms with Crippen LogP contribution in [0.25, 0.3) is 0 Å². The van der Waals surface area contributed by atoms with Crippen molar-refractivity contribution in [1.29, 1.82) is 0 Å². The summed E-state index contributed by atoms with van der Waals surface area (Å²) in [6.07, 6.45) is 5.35. The maximum Gasteiger partial charge on any atom is 0.163 e. The highest BCUT2D eigenvalue weighted by Crippen LogP contribution is 2.18. The molecule has 1 aromatic heterocycles. The monoisotopic (exact) mass is 310 g/mol. The summed E-state index contributed by atoms with van der Waals surface area (Å²) >= 11 is 3.38. The van der Waals surface area contributed by atoms with Gasteiger partial charge in [0.15, 0.2) is 5.84 Å². The molecule has 0 aromatic carbocycles. The van der Waals surface area contributed by atoms with Gasteiger partial charge < -0.3 is 4.74 Å².